The number of fused-ring (bicyclic) bond motifs is 3. The highest BCUT2D eigenvalue weighted by Crippen LogP contribution is 2.18. The number of halogens is 1. The molecule has 0 aliphatic rings. The predicted octanol–water partition coefficient (Wildman–Crippen LogP) is 1.47. The first-order valence-corrected chi connectivity index (χ1v) is 7.14. The Balaban J connectivity index is 2.28. The van der Waals surface area contributed by atoms with Crippen LogP contribution in [0.15, 0.2) is 27.5 Å². The fourth-order valence-corrected chi connectivity index (χ4v) is 2.45. The molecular formula is C13H12BrN5O2. The molecule has 1 amide bonds. The first kappa shape index (κ1) is 13.7. The molecule has 21 heavy (non-hydrogen) atoms. The van der Waals surface area contributed by atoms with E-state index < -0.39 is 5.56 Å². The van der Waals surface area contributed by atoms with E-state index in [4.69, 9.17) is 0 Å². The second-order valence-electron chi connectivity index (χ2n) is 4.93. The van der Waals surface area contributed by atoms with E-state index in [1.165, 1.54) is 4.52 Å². The molecule has 3 rings (SSSR count). The number of H-pyrrole nitrogens is 1. The van der Waals surface area contributed by atoms with E-state index in [2.05, 4.69) is 36.5 Å². The number of nitrogens with one attached hydrogen (secondary N) is 2. The van der Waals surface area contributed by atoms with Crippen LogP contribution >= 0.6 is 15.9 Å². The number of aromatic amines is 1. The maximum atomic E-state index is 12.1. The van der Waals surface area contributed by atoms with Gasteiger partial charge in [-0.1, -0.05) is 15.9 Å². The van der Waals surface area contributed by atoms with Crippen LogP contribution in [0.2, 0.25) is 0 Å². The van der Waals surface area contributed by atoms with Crippen LogP contribution in [0.1, 0.15) is 24.3 Å². The highest BCUT2D eigenvalue weighted by Gasteiger charge is 2.18. The summed E-state index contributed by atoms with van der Waals surface area (Å²) in [7, 11) is 0. The molecule has 0 saturated carbocycles. The van der Waals surface area contributed by atoms with Crippen molar-refractivity contribution in [2.75, 3.05) is 0 Å². The molecule has 1 aromatic carbocycles. The summed E-state index contributed by atoms with van der Waals surface area (Å²) in [5.74, 6) is -0.368. The van der Waals surface area contributed by atoms with Crippen molar-refractivity contribution in [2.24, 2.45) is 0 Å². The zero-order valence-corrected chi connectivity index (χ0v) is 12.9. The van der Waals surface area contributed by atoms with Crippen LogP contribution in [0.5, 0.6) is 0 Å². The van der Waals surface area contributed by atoms with Gasteiger partial charge < -0.3 is 5.32 Å². The smallest absolute Gasteiger partial charge is 0.281 e. The average Bonchev–Trinajstić information content (AvgIpc) is 2.82. The molecule has 0 atom stereocenters. The minimum atomic E-state index is -0.397. The normalized spacial score (nSPS) is 11.4. The minimum absolute atomic E-state index is 0.0302. The summed E-state index contributed by atoms with van der Waals surface area (Å²) in [6, 6.07) is 5.23. The molecule has 2 N–H and O–H groups in total. The van der Waals surface area contributed by atoms with Gasteiger partial charge in [-0.3, -0.25) is 9.59 Å². The lowest BCUT2D eigenvalue weighted by Gasteiger charge is -2.05. The largest absolute Gasteiger partial charge is 0.348 e. The molecule has 3 aromatic rings. The maximum Gasteiger partial charge on any atom is 0.281 e. The fraction of sp³-hybridized carbons (Fsp3) is 0.231. The predicted molar refractivity (Wildman–Crippen MR) is 81.4 cm³/mol. The van der Waals surface area contributed by atoms with Gasteiger partial charge in [-0.25, -0.2) is 9.73 Å². The molecule has 0 radical (unpaired) electrons. The Bertz CT molecular complexity index is 912. The van der Waals surface area contributed by atoms with Crippen molar-refractivity contribution < 1.29 is 4.79 Å². The number of carbonyl (C=O) groups excluding carboxylic acids is 1. The zero-order chi connectivity index (χ0) is 15.1. The topological polar surface area (TPSA) is 92.2 Å². The molecule has 0 unspecified atom stereocenters. The van der Waals surface area contributed by atoms with E-state index in [1.807, 2.05) is 19.9 Å². The van der Waals surface area contributed by atoms with Crippen LogP contribution < -0.4 is 10.9 Å². The summed E-state index contributed by atoms with van der Waals surface area (Å²) in [4.78, 5) is 28.2. The van der Waals surface area contributed by atoms with Gasteiger partial charge in [-0.2, -0.15) is 4.98 Å². The molecule has 0 aliphatic carbocycles. The van der Waals surface area contributed by atoms with Crippen LogP contribution in [0, 0.1) is 0 Å². The molecule has 0 bridgehead atoms. The number of hydrogen-bond donors (Lipinski definition) is 2. The van der Waals surface area contributed by atoms with Crippen molar-refractivity contribution in [2.45, 2.75) is 19.9 Å². The van der Waals surface area contributed by atoms with Crippen molar-refractivity contribution >= 4 is 38.4 Å². The third-order valence-electron chi connectivity index (χ3n) is 2.96. The quantitative estimate of drug-likeness (QED) is 0.732. The summed E-state index contributed by atoms with van der Waals surface area (Å²) in [5, 5.41) is 9.87. The highest BCUT2D eigenvalue weighted by molar-refractivity contribution is 9.10. The Hall–Kier alpha value is -2.22. The maximum absolute atomic E-state index is 12.1. The van der Waals surface area contributed by atoms with Crippen LogP contribution in [0.4, 0.5) is 0 Å². The summed E-state index contributed by atoms with van der Waals surface area (Å²) in [5.41, 5.74) is 0.536. The third kappa shape index (κ3) is 2.31. The van der Waals surface area contributed by atoms with Gasteiger partial charge in [0.1, 0.15) is 0 Å². The highest BCUT2D eigenvalue weighted by atomic mass is 79.9. The molecule has 2 heterocycles. The average molecular weight is 350 g/mol. The Morgan fingerprint density at radius 1 is 1.43 bits per heavy atom. The first-order valence-electron chi connectivity index (χ1n) is 6.34. The fourth-order valence-electron chi connectivity index (χ4n) is 2.09. The van der Waals surface area contributed by atoms with Crippen molar-refractivity contribution in [3.8, 4) is 0 Å². The summed E-state index contributed by atoms with van der Waals surface area (Å²) in [6.45, 7) is 3.69. The first-order chi connectivity index (χ1) is 9.97. The molecule has 0 saturated heterocycles. The Kier molecular flexibility index (Phi) is 3.25. The molecule has 8 heteroatoms. The molecular weight excluding hydrogens is 338 g/mol. The minimum Gasteiger partial charge on any atom is -0.348 e. The Labute approximate surface area is 127 Å². The zero-order valence-electron chi connectivity index (χ0n) is 11.3. The standard InChI is InChI=1S/C13H12BrN5O2/c1-6(2)15-13(21)10-11-16-12(20)8-5-7(14)3-4-9(8)19(11)18-17-10/h3-6,18H,1-2H3,(H,15,21). The van der Waals surface area contributed by atoms with Gasteiger partial charge in [-0.05, 0) is 32.0 Å². The molecule has 7 nitrogen and oxygen atoms in total. The Morgan fingerprint density at radius 2 is 2.19 bits per heavy atom. The summed E-state index contributed by atoms with van der Waals surface area (Å²) in [6.07, 6.45) is 0. The summed E-state index contributed by atoms with van der Waals surface area (Å²) >= 11 is 3.32. The van der Waals surface area contributed by atoms with Gasteiger partial charge in [0.25, 0.3) is 11.5 Å². The van der Waals surface area contributed by atoms with Crippen LogP contribution in [-0.4, -0.2) is 31.8 Å². The molecule has 0 fully saturated rings. The van der Waals surface area contributed by atoms with Gasteiger partial charge >= 0.3 is 0 Å². The van der Waals surface area contributed by atoms with Crippen LogP contribution in [0.25, 0.3) is 16.6 Å². The van der Waals surface area contributed by atoms with E-state index in [0.717, 1.165) is 4.47 Å². The van der Waals surface area contributed by atoms with Crippen molar-refractivity contribution in [1.82, 2.24) is 25.1 Å². The molecule has 2 aromatic heterocycles. The van der Waals surface area contributed by atoms with Gasteiger partial charge in [0.05, 0.1) is 10.9 Å². The van der Waals surface area contributed by atoms with Crippen molar-refractivity contribution in [3.63, 3.8) is 0 Å². The van der Waals surface area contributed by atoms with Gasteiger partial charge in [0, 0.05) is 10.5 Å². The lowest BCUT2D eigenvalue weighted by Crippen LogP contribution is -2.30. The van der Waals surface area contributed by atoms with E-state index in [0.29, 0.717) is 10.9 Å². The van der Waals surface area contributed by atoms with Crippen LogP contribution in [-0.2, 0) is 0 Å². The second-order valence-corrected chi connectivity index (χ2v) is 5.84. The number of benzene rings is 1. The molecule has 108 valence electrons. The second kappa shape index (κ2) is 4.96. The number of hydrogen-bond acceptors (Lipinski definition) is 4. The van der Waals surface area contributed by atoms with Crippen LogP contribution in [0.3, 0.4) is 0 Å². The van der Waals surface area contributed by atoms with Crippen molar-refractivity contribution in [3.05, 3.63) is 38.7 Å². The van der Waals surface area contributed by atoms with Crippen molar-refractivity contribution in [1.29, 1.82) is 0 Å². The molecule has 0 spiro atoms. The van der Waals surface area contributed by atoms with E-state index >= 15 is 0 Å². The number of nitrogens with zero attached hydrogens (tertiary/aromatic N) is 3. The Morgan fingerprint density at radius 3 is 2.90 bits per heavy atom. The lowest BCUT2D eigenvalue weighted by atomic mass is 10.2. The number of carbonyl (C=O) groups is 1. The monoisotopic (exact) mass is 349 g/mol. The lowest BCUT2D eigenvalue weighted by molar-refractivity contribution is 0.0939. The molecule has 0 aliphatic heterocycles. The number of rotatable bonds is 2. The van der Waals surface area contributed by atoms with Gasteiger partial charge in [0.15, 0.2) is 11.3 Å². The van der Waals surface area contributed by atoms with Gasteiger partial charge in [-0.15, -0.1) is 5.10 Å². The number of aromatic nitrogens is 4. The van der Waals surface area contributed by atoms with E-state index in [1.54, 1.807) is 12.1 Å². The number of amides is 1. The van der Waals surface area contributed by atoms with Gasteiger partial charge in [0.2, 0.25) is 0 Å². The van der Waals surface area contributed by atoms with E-state index in [-0.39, 0.29) is 23.3 Å². The summed E-state index contributed by atoms with van der Waals surface area (Å²) < 4.78 is 2.31. The third-order valence-corrected chi connectivity index (χ3v) is 3.45. The van der Waals surface area contributed by atoms with E-state index in [9.17, 15) is 9.59 Å². The SMILES string of the molecule is CC(C)NC(=O)c1n[nH]n2c1nc(=O)c1cc(Br)ccc12.